The van der Waals surface area contributed by atoms with E-state index in [0.717, 1.165) is 48.3 Å². The standard InChI is InChI=1S/C17H25NO2.C15H21NO2/c1-4-8-18-9-7-13-10-14-12(11-15(13)18)5-6-16(19-2)17(14)20-3;1-2-6-16-7-5-11-8-12-10(9-13(11)16)3-4-14(17)15(12)18/h5-6,13,15H,4,7-11H2,1-3H3;3-4,11,13,17-18H,2,5-9H2,1H3/t13-,15?;11-,13?/m11/s1. The lowest BCUT2D eigenvalue weighted by atomic mass is 9.80. The predicted octanol–water partition coefficient (Wildman–Crippen LogP) is 5.20. The third-order valence-electron chi connectivity index (χ3n) is 9.52. The zero-order chi connectivity index (χ0) is 26.8. The van der Waals surface area contributed by atoms with Crippen molar-refractivity contribution in [1.82, 2.24) is 9.80 Å². The molecule has 0 saturated carbocycles. The smallest absolute Gasteiger partial charge is 0.164 e. The Morgan fingerprint density at radius 3 is 1.84 bits per heavy atom. The van der Waals surface area contributed by atoms with Crippen LogP contribution in [0.1, 0.15) is 61.8 Å². The number of hydrogen-bond acceptors (Lipinski definition) is 6. The van der Waals surface area contributed by atoms with E-state index >= 15 is 0 Å². The fourth-order valence-corrected chi connectivity index (χ4v) is 7.68. The molecule has 2 aliphatic carbocycles. The highest BCUT2D eigenvalue weighted by molar-refractivity contribution is 5.53. The van der Waals surface area contributed by atoms with Crippen LogP contribution >= 0.6 is 0 Å². The molecule has 0 amide bonds. The predicted molar refractivity (Wildman–Crippen MR) is 152 cm³/mol. The highest BCUT2D eigenvalue weighted by Gasteiger charge is 2.39. The number of ether oxygens (including phenoxy) is 2. The summed E-state index contributed by atoms with van der Waals surface area (Å²) in [5.41, 5.74) is 5.03. The lowest BCUT2D eigenvalue weighted by Gasteiger charge is -2.34. The van der Waals surface area contributed by atoms with Crippen LogP contribution in [0.25, 0.3) is 0 Å². The first-order valence-corrected chi connectivity index (χ1v) is 14.7. The summed E-state index contributed by atoms with van der Waals surface area (Å²) < 4.78 is 11.1. The van der Waals surface area contributed by atoms with Gasteiger partial charge in [-0.3, -0.25) is 9.80 Å². The summed E-state index contributed by atoms with van der Waals surface area (Å²) in [6.45, 7) is 9.37. The van der Waals surface area contributed by atoms with Gasteiger partial charge in [0.15, 0.2) is 23.0 Å². The van der Waals surface area contributed by atoms with Crippen LogP contribution in [0.2, 0.25) is 0 Å². The molecule has 208 valence electrons. The van der Waals surface area contributed by atoms with E-state index in [0.29, 0.717) is 12.0 Å². The molecule has 4 atom stereocenters. The first-order chi connectivity index (χ1) is 18.5. The van der Waals surface area contributed by atoms with E-state index in [1.54, 1.807) is 20.3 Å². The molecule has 2 fully saturated rings. The summed E-state index contributed by atoms with van der Waals surface area (Å²) in [7, 11) is 3.47. The quantitative estimate of drug-likeness (QED) is 0.509. The molecule has 2 N–H and O–H groups in total. The summed E-state index contributed by atoms with van der Waals surface area (Å²) in [6, 6.07) is 9.25. The van der Waals surface area contributed by atoms with Crippen LogP contribution in [0.15, 0.2) is 24.3 Å². The second-order valence-electron chi connectivity index (χ2n) is 11.6. The van der Waals surface area contributed by atoms with Crippen molar-refractivity contribution in [2.75, 3.05) is 40.4 Å². The largest absolute Gasteiger partial charge is 0.504 e. The van der Waals surface area contributed by atoms with Gasteiger partial charge in [-0.15, -0.1) is 0 Å². The second kappa shape index (κ2) is 11.7. The minimum absolute atomic E-state index is 0.0237. The Labute approximate surface area is 228 Å². The average molecular weight is 523 g/mol. The molecule has 2 unspecified atom stereocenters. The monoisotopic (exact) mass is 522 g/mol. The van der Waals surface area contributed by atoms with Crippen molar-refractivity contribution < 1.29 is 19.7 Å². The van der Waals surface area contributed by atoms with Crippen LogP contribution in [0.4, 0.5) is 0 Å². The van der Waals surface area contributed by atoms with Gasteiger partial charge < -0.3 is 19.7 Å². The fraction of sp³-hybridized carbons (Fsp3) is 0.625. The molecule has 2 aromatic carbocycles. The van der Waals surface area contributed by atoms with Crippen LogP contribution in [-0.2, 0) is 25.7 Å². The van der Waals surface area contributed by atoms with Gasteiger partial charge in [0.25, 0.3) is 0 Å². The van der Waals surface area contributed by atoms with Crippen molar-refractivity contribution in [3.05, 3.63) is 46.5 Å². The van der Waals surface area contributed by atoms with Gasteiger partial charge in [0.2, 0.25) is 0 Å². The molecule has 4 aliphatic rings. The molecular weight excluding hydrogens is 476 g/mol. The van der Waals surface area contributed by atoms with E-state index in [1.165, 1.54) is 75.0 Å². The van der Waals surface area contributed by atoms with E-state index in [2.05, 4.69) is 35.8 Å². The number of aromatic hydroxyl groups is 2. The zero-order valence-electron chi connectivity index (χ0n) is 23.7. The van der Waals surface area contributed by atoms with Gasteiger partial charge >= 0.3 is 0 Å². The summed E-state index contributed by atoms with van der Waals surface area (Å²) in [5.74, 6) is 3.40. The van der Waals surface area contributed by atoms with Gasteiger partial charge in [-0.05, 0) is 113 Å². The molecule has 2 aliphatic heterocycles. The van der Waals surface area contributed by atoms with Gasteiger partial charge in [0.1, 0.15) is 0 Å². The minimum atomic E-state index is 0.0237. The molecule has 0 spiro atoms. The van der Waals surface area contributed by atoms with Crippen LogP contribution in [-0.4, -0.2) is 72.5 Å². The fourth-order valence-electron chi connectivity index (χ4n) is 7.68. The van der Waals surface area contributed by atoms with E-state index in [9.17, 15) is 10.2 Å². The Balaban J connectivity index is 0.000000156. The van der Waals surface area contributed by atoms with Gasteiger partial charge in [0.05, 0.1) is 14.2 Å². The van der Waals surface area contributed by atoms with Crippen molar-refractivity contribution in [1.29, 1.82) is 0 Å². The van der Waals surface area contributed by atoms with E-state index < -0.39 is 0 Å². The van der Waals surface area contributed by atoms with Crippen LogP contribution < -0.4 is 9.47 Å². The Bertz CT molecular complexity index is 1120. The van der Waals surface area contributed by atoms with Crippen molar-refractivity contribution in [3.63, 3.8) is 0 Å². The highest BCUT2D eigenvalue weighted by atomic mass is 16.5. The summed E-state index contributed by atoms with van der Waals surface area (Å²) in [4.78, 5) is 5.28. The summed E-state index contributed by atoms with van der Waals surface area (Å²) in [6.07, 6.45) is 9.25. The topological polar surface area (TPSA) is 65.4 Å². The SMILES string of the molecule is CCCN1CC[C@@H]2Cc3c(ccc(O)c3O)CC21.CCCN1CC[C@@H]2Cc3c(ccc(OC)c3OC)CC21. The number of hydrogen-bond donors (Lipinski definition) is 2. The van der Waals surface area contributed by atoms with E-state index in [-0.39, 0.29) is 11.5 Å². The van der Waals surface area contributed by atoms with Crippen molar-refractivity contribution >= 4 is 0 Å². The van der Waals surface area contributed by atoms with Crippen molar-refractivity contribution in [2.24, 2.45) is 11.8 Å². The molecule has 6 rings (SSSR count). The van der Waals surface area contributed by atoms with Crippen molar-refractivity contribution in [2.45, 2.75) is 77.3 Å². The number of rotatable bonds is 6. The third-order valence-corrected chi connectivity index (χ3v) is 9.52. The molecule has 0 radical (unpaired) electrons. The normalized spacial score (nSPS) is 26.0. The number of methoxy groups -OCH3 is 2. The van der Waals surface area contributed by atoms with E-state index in [4.69, 9.17) is 9.47 Å². The molecule has 0 bridgehead atoms. The van der Waals surface area contributed by atoms with E-state index in [1.807, 2.05) is 6.07 Å². The van der Waals surface area contributed by atoms with Crippen LogP contribution in [0, 0.1) is 11.8 Å². The molecular formula is C32H46N2O4. The Hall–Kier alpha value is -2.44. The Morgan fingerprint density at radius 1 is 0.737 bits per heavy atom. The molecule has 2 heterocycles. The molecule has 2 aromatic rings. The van der Waals surface area contributed by atoms with Crippen LogP contribution in [0.5, 0.6) is 23.0 Å². The molecule has 6 heteroatoms. The maximum atomic E-state index is 9.97. The summed E-state index contributed by atoms with van der Waals surface area (Å²) >= 11 is 0. The number of benzene rings is 2. The Kier molecular flexibility index (Phi) is 8.39. The Morgan fingerprint density at radius 2 is 1.29 bits per heavy atom. The lowest BCUT2D eigenvalue weighted by Crippen LogP contribution is -2.38. The van der Waals surface area contributed by atoms with Gasteiger partial charge in [-0.1, -0.05) is 26.0 Å². The molecule has 6 nitrogen and oxygen atoms in total. The molecule has 38 heavy (non-hydrogen) atoms. The zero-order valence-corrected chi connectivity index (χ0v) is 23.7. The van der Waals surface area contributed by atoms with Gasteiger partial charge in [-0.25, -0.2) is 0 Å². The number of likely N-dealkylation sites (tertiary alicyclic amines) is 2. The third kappa shape index (κ3) is 5.10. The van der Waals surface area contributed by atoms with Crippen molar-refractivity contribution in [3.8, 4) is 23.0 Å². The molecule has 0 aromatic heterocycles. The maximum absolute atomic E-state index is 9.97. The average Bonchev–Trinajstić information content (AvgIpc) is 3.52. The minimum Gasteiger partial charge on any atom is -0.504 e. The van der Waals surface area contributed by atoms with Gasteiger partial charge in [-0.2, -0.15) is 0 Å². The highest BCUT2D eigenvalue weighted by Crippen LogP contribution is 2.44. The first kappa shape index (κ1) is 27.1. The lowest BCUT2D eigenvalue weighted by molar-refractivity contribution is 0.214. The summed E-state index contributed by atoms with van der Waals surface area (Å²) in [5, 5.41) is 19.6. The maximum Gasteiger partial charge on any atom is 0.164 e. The first-order valence-electron chi connectivity index (χ1n) is 14.7. The van der Waals surface area contributed by atoms with Gasteiger partial charge in [0, 0.05) is 23.2 Å². The van der Waals surface area contributed by atoms with Crippen LogP contribution in [0.3, 0.4) is 0 Å². The number of phenols is 2. The second-order valence-corrected chi connectivity index (χ2v) is 11.6. The molecule has 2 saturated heterocycles. The number of phenolic OH excluding ortho intramolecular Hbond substituents is 2. The number of nitrogens with zero attached hydrogens (tertiary/aromatic N) is 2. The number of fused-ring (bicyclic) bond motifs is 4.